The van der Waals surface area contributed by atoms with Gasteiger partial charge in [-0.3, -0.25) is 4.79 Å². The number of hydrogen-bond acceptors (Lipinski definition) is 4. The molecule has 0 saturated heterocycles. The minimum Gasteiger partial charge on any atom is -0.389 e. The molecule has 0 aromatic heterocycles. The van der Waals surface area contributed by atoms with Gasteiger partial charge in [0.15, 0.2) is 0 Å². The molecular formula is C11H15N3O3S2. The van der Waals surface area contributed by atoms with Gasteiger partial charge in [0.1, 0.15) is 4.99 Å². The normalized spacial score (nSPS) is 11.1. The molecule has 0 bridgehead atoms. The molecule has 0 aliphatic heterocycles. The fourth-order valence-electron chi connectivity index (χ4n) is 1.20. The number of rotatable bonds is 5. The molecule has 0 spiro atoms. The van der Waals surface area contributed by atoms with Crippen LogP contribution in [-0.2, 0) is 14.8 Å². The fraction of sp³-hybridized carbons (Fsp3) is 0.273. The highest BCUT2D eigenvalue weighted by Crippen LogP contribution is 2.10. The zero-order valence-electron chi connectivity index (χ0n) is 10.6. The van der Waals surface area contributed by atoms with Crippen LogP contribution in [0.2, 0.25) is 0 Å². The highest BCUT2D eigenvalue weighted by atomic mass is 32.2. The molecule has 8 heteroatoms. The molecule has 104 valence electrons. The summed E-state index contributed by atoms with van der Waals surface area (Å²) >= 11 is 4.78. The Morgan fingerprint density at radius 2 is 1.84 bits per heavy atom. The summed E-state index contributed by atoms with van der Waals surface area (Å²) in [5.74, 6) is -0.330. The SMILES string of the molecule is CN(C)C(=O)CNS(=O)(=O)c1ccc(C(N)=S)cc1. The predicted octanol–water partition coefficient (Wildman–Crippen LogP) is -0.313. The highest BCUT2D eigenvalue weighted by molar-refractivity contribution is 7.89. The van der Waals surface area contributed by atoms with Gasteiger partial charge in [0, 0.05) is 19.7 Å². The largest absolute Gasteiger partial charge is 0.389 e. The lowest BCUT2D eigenvalue weighted by Crippen LogP contribution is -2.36. The summed E-state index contributed by atoms with van der Waals surface area (Å²) in [5.41, 5.74) is 6.00. The first-order valence-electron chi connectivity index (χ1n) is 5.34. The molecule has 19 heavy (non-hydrogen) atoms. The van der Waals surface area contributed by atoms with E-state index >= 15 is 0 Å². The van der Waals surface area contributed by atoms with Crippen LogP contribution in [-0.4, -0.2) is 44.9 Å². The van der Waals surface area contributed by atoms with E-state index < -0.39 is 10.0 Å². The van der Waals surface area contributed by atoms with Crippen LogP contribution in [0.5, 0.6) is 0 Å². The second-order valence-electron chi connectivity index (χ2n) is 4.00. The van der Waals surface area contributed by atoms with Crippen molar-refractivity contribution in [3.8, 4) is 0 Å². The lowest BCUT2D eigenvalue weighted by atomic mass is 10.2. The van der Waals surface area contributed by atoms with E-state index in [0.717, 1.165) is 0 Å². The maximum atomic E-state index is 11.9. The average molecular weight is 301 g/mol. The first-order valence-corrected chi connectivity index (χ1v) is 7.23. The van der Waals surface area contributed by atoms with Crippen molar-refractivity contribution in [1.29, 1.82) is 0 Å². The van der Waals surface area contributed by atoms with Crippen LogP contribution < -0.4 is 10.5 Å². The second-order valence-corrected chi connectivity index (χ2v) is 6.21. The Labute approximate surface area is 117 Å². The molecule has 1 rings (SSSR count). The van der Waals surface area contributed by atoms with Crippen LogP contribution in [0.25, 0.3) is 0 Å². The van der Waals surface area contributed by atoms with Crippen molar-refractivity contribution in [2.45, 2.75) is 4.90 Å². The number of amides is 1. The van der Waals surface area contributed by atoms with E-state index in [1.807, 2.05) is 0 Å². The fourth-order valence-corrected chi connectivity index (χ4v) is 2.31. The third-order valence-corrected chi connectivity index (χ3v) is 4.01. The maximum absolute atomic E-state index is 11.9. The van der Waals surface area contributed by atoms with Gasteiger partial charge < -0.3 is 10.6 Å². The number of carbonyl (C=O) groups is 1. The molecular weight excluding hydrogens is 286 g/mol. The average Bonchev–Trinajstić information content (AvgIpc) is 2.36. The minimum atomic E-state index is -3.71. The topological polar surface area (TPSA) is 92.5 Å². The first kappa shape index (κ1) is 15.5. The van der Waals surface area contributed by atoms with E-state index in [1.165, 1.54) is 29.2 Å². The van der Waals surface area contributed by atoms with E-state index in [-0.39, 0.29) is 22.3 Å². The van der Waals surface area contributed by atoms with Gasteiger partial charge in [-0.05, 0) is 12.1 Å². The van der Waals surface area contributed by atoms with E-state index in [9.17, 15) is 13.2 Å². The van der Waals surface area contributed by atoms with Crippen molar-refractivity contribution in [3.05, 3.63) is 29.8 Å². The van der Waals surface area contributed by atoms with Crippen molar-refractivity contribution >= 4 is 33.1 Å². The summed E-state index contributed by atoms with van der Waals surface area (Å²) in [4.78, 5) is 12.9. The van der Waals surface area contributed by atoms with Gasteiger partial charge in [-0.15, -0.1) is 0 Å². The van der Waals surface area contributed by atoms with Crippen LogP contribution in [0, 0.1) is 0 Å². The van der Waals surface area contributed by atoms with Crippen LogP contribution in [0.3, 0.4) is 0 Å². The first-order chi connectivity index (χ1) is 8.74. The van der Waals surface area contributed by atoms with Crippen LogP contribution in [0.15, 0.2) is 29.2 Å². The third kappa shape index (κ3) is 4.27. The lowest BCUT2D eigenvalue weighted by molar-refractivity contribution is -0.127. The molecule has 1 amide bonds. The molecule has 0 radical (unpaired) electrons. The summed E-state index contributed by atoms with van der Waals surface area (Å²) in [6, 6.07) is 5.81. The maximum Gasteiger partial charge on any atom is 0.241 e. The standard InChI is InChI=1S/C11H15N3O3S2/c1-14(2)10(15)7-13-19(16,17)9-5-3-8(4-6-9)11(12)18/h3-6,13H,7H2,1-2H3,(H2,12,18). The molecule has 0 saturated carbocycles. The molecule has 1 aromatic rings. The summed E-state index contributed by atoms with van der Waals surface area (Å²) in [5, 5.41) is 0. The van der Waals surface area contributed by atoms with Crippen molar-refractivity contribution < 1.29 is 13.2 Å². The molecule has 0 unspecified atom stereocenters. The predicted molar refractivity (Wildman–Crippen MR) is 76.2 cm³/mol. The highest BCUT2D eigenvalue weighted by Gasteiger charge is 2.16. The Hall–Kier alpha value is -1.51. The number of nitrogens with two attached hydrogens (primary N) is 1. The number of sulfonamides is 1. The Morgan fingerprint density at radius 1 is 1.32 bits per heavy atom. The number of carbonyl (C=O) groups excluding carboxylic acids is 1. The number of nitrogens with one attached hydrogen (secondary N) is 1. The molecule has 0 fully saturated rings. The van der Waals surface area contributed by atoms with Crippen molar-refractivity contribution in [2.75, 3.05) is 20.6 Å². The van der Waals surface area contributed by atoms with Crippen LogP contribution in [0.1, 0.15) is 5.56 Å². The third-order valence-electron chi connectivity index (χ3n) is 2.36. The quantitative estimate of drug-likeness (QED) is 0.728. The Morgan fingerprint density at radius 3 is 2.26 bits per heavy atom. The molecule has 0 atom stereocenters. The summed E-state index contributed by atoms with van der Waals surface area (Å²) in [6.45, 7) is -0.285. The summed E-state index contributed by atoms with van der Waals surface area (Å²) < 4.78 is 26.0. The Balaban J connectivity index is 2.83. The number of thiocarbonyl (C=S) groups is 1. The van der Waals surface area contributed by atoms with E-state index in [4.69, 9.17) is 18.0 Å². The Bertz CT molecular complexity index is 580. The van der Waals surface area contributed by atoms with Crippen molar-refractivity contribution in [1.82, 2.24) is 9.62 Å². The summed E-state index contributed by atoms with van der Waals surface area (Å²) in [6.07, 6.45) is 0. The van der Waals surface area contributed by atoms with Gasteiger partial charge >= 0.3 is 0 Å². The van der Waals surface area contributed by atoms with Crippen LogP contribution in [0.4, 0.5) is 0 Å². The molecule has 6 nitrogen and oxygen atoms in total. The summed E-state index contributed by atoms with van der Waals surface area (Å²) in [7, 11) is -0.614. The van der Waals surface area contributed by atoms with E-state index in [0.29, 0.717) is 5.56 Å². The van der Waals surface area contributed by atoms with Gasteiger partial charge in [0.05, 0.1) is 11.4 Å². The molecule has 1 aromatic carbocycles. The van der Waals surface area contributed by atoms with Gasteiger partial charge in [-0.2, -0.15) is 0 Å². The molecule has 0 aliphatic rings. The lowest BCUT2D eigenvalue weighted by Gasteiger charge is -2.11. The van der Waals surface area contributed by atoms with Crippen molar-refractivity contribution in [2.24, 2.45) is 5.73 Å². The Kier molecular flexibility index (Phi) is 4.98. The molecule has 3 N–H and O–H groups in total. The van der Waals surface area contributed by atoms with E-state index in [1.54, 1.807) is 14.1 Å². The minimum absolute atomic E-state index is 0.0547. The second kappa shape index (κ2) is 6.09. The number of hydrogen-bond donors (Lipinski definition) is 2. The van der Waals surface area contributed by atoms with Gasteiger partial charge in [0.25, 0.3) is 0 Å². The van der Waals surface area contributed by atoms with Gasteiger partial charge in [-0.25, -0.2) is 13.1 Å². The smallest absolute Gasteiger partial charge is 0.241 e. The number of benzene rings is 1. The zero-order chi connectivity index (χ0) is 14.6. The van der Waals surface area contributed by atoms with Crippen LogP contribution >= 0.6 is 12.2 Å². The zero-order valence-corrected chi connectivity index (χ0v) is 12.2. The number of likely N-dealkylation sites (N-methyl/N-ethyl adjacent to an activating group) is 1. The van der Waals surface area contributed by atoms with E-state index in [2.05, 4.69) is 4.72 Å². The monoisotopic (exact) mass is 301 g/mol. The molecule has 0 aliphatic carbocycles. The van der Waals surface area contributed by atoms with Gasteiger partial charge in [-0.1, -0.05) is 24.4 Å². The van der Waals surface area contributed by atoms with Crippen molar-refractivity contribution in [3.63, 3.8) is 0 Å². The van der Waals surface area contributed by atoms with Gasteiger partial charge in [0.2, 0.25) is 15.9 Å². The number of nitrogens with zero attached hydrogens (tertiary/aromatic N) is 1. The molecule has 0 heterocycles.